The van der Waals surface area contributed by atoms with E-state index in [9.17, 15) is 4.79 Å². The lowest BCUT2D eigenvalue weighted by atomic mass is 10.2. The lowest BCUT2D eigenvalue weighted by Gasteiger charge is -2.10. The van der Waals surface area contributed by atoms with Gasteiger partial charge in [0.2, 0.25) is 0 Å². The van der Waals surface area contributed by atoms with Crippen molar-refractivity contribution in [2.24, 2.45) is 0 Å². The van der Waals surface area contributed by atoms with Crippen LogP contribution in [-0.2, 0) is 0 Å². The first-order valence-corrected chi connectivity index (χ1v) is 6.75. The van der Waals surface area contributed by atoms with Crippen LogP contribution in [-0.4, -0.2) is 17.9 Å². The van der Waals surface area contributed by atoms with Gasteiger partial charge in [0.05, 0.1) is 26.3 Å². The number of hydrogen-bond donors (Lipinski definition) is 2. The highest BCUT2D eigenvalue weighted by atomic mass is 35.5. The summed E-state index contributed by atoms with van der Waals surface area (Å²) >= 11 is 17.9. The average Bonchev–Trinajstić information content (AvgIpc) is 2.44. The van der Waals surface area contributed by atoms with Crippen LogP contribution >= 0.6 is 34.8 Å². The highest BCUT2D eigenvalue weighted by Crippen LogP contribution is 2.30. The van der Waals surface area contributed by atoms with Gasteiger partial charge in [-0.15, -0.1) is 0 Å². The van der Waals surface area contributed by atoms with E-state index in [2.05, 4.69) is 15.6 Å². The summed E-state index contributed by atoms with van der Waals surface area (Å²) in [5.74, 6) is 0.148. The molecular weight excluding hydrogens is 321 g/mol. The van der Waals surface area contributed by atoms with Gasteiger partial charge in [-0.25, -0.2) is 4.98 Å². The largest absolute Gasteiger partial charge is 0.373 e. The molecule has 1 heterocycles. The van der Waals surface area contributed by atoms with Crippen molar-refractivity contribution < 1.29 is 4.79 Å². The molecule has 0 saturated carbocycles. The molecule has 0 aliphatic rings. The minimum atomic E-state index is -0.391. The number of halogens is 3. The van der Waals surface area contributed by atoms with Crippen molar-refractivity contribution >= 4 is 52.2 Å². The number of pyridine rings is 1. The van der Waals surface area contributed by atoms with Crippen LogP contribution in [0.3, 0.4) is 0 Å². The number of nitrogens with zero attached hydrogens (tertiary/aromatic N) is 1. The fraction of sp³-hybridized carbons (Fsp3) is 0.0769. The second kappa shape index (κ2) is 6.31. The van der Waals surface area contributed by atoms with E-state index >= 15 is 0 Å². The van der Waals surface area contributed by atoms with Crippen molar-refractivity contribution in [2.45, 2.75) is 0 Å². The number of anilines is 2. The van der Waals surface area contributed by atoms with Gasteiger partial charge in [0.1, 0.15) is 5.82 Å². The minimum absolute atomic E-state index is 0.250. The maximum absolute atomic E-state index is 12.2. The van der Waals surface area contributed by atoms with Gasteiger partial charge >= 0.3 is 0 Å². The van der Waals surface area contributed by atoms with E-state index in [1.165, 1.54) is 6.20 Å². The zero-order valence-electron chi connectivity index (χ0n) is 10.4. The number of benzene rings is 1. The van der Waals surface area contributed by atoms with Crippen molar-refractivity contribution in [1.82, 2.24) is 4.98 Å². The molecule has 0 bridgehead atoms. The number of amides is 1. The number of carbonyl (C=O) groups excluding carboxylic acids is 1. The van der Waals surface area contributed by atoms with E-state index in [0.717, 1.165) is 0 Å². The van der Waals surface area contributed by atoms with Crippen LogP contribution in [0.4, 0.5) is 11.5 Å². The molecule has 104 valence electrons. The van der Waals surface area contributed by atoms with E-state index in [-0.39, 0.29) is 10.0 Å². The molecule has 0 saturated heterocycles. The molecule has 0 unspecified atom stereocenters. The van der Waals surface area contributed by atoms with Gasteiger partial charge in [-0.2, -0.15) is 0 Å². The van der Waals surface area contributed by atoms with Gasteiger partial charge in [-0.1, -0.05) is 40.9 Å². The molecule has 0 aliphatic heterocycles. The highest BCUT2D eigenvalue weighted by molar-refractivity contribution is 6.44. The Kier molecular flexibility index (Phi) is 4.70. The fourth-order valence-electron chi connectivity index (χ4n) is 1.54. The predicted octanol–water partition coefficient (Wildman–Crippen LogP) is 4.34. The molecule has 1 amide bonds. The molecule has 4 nitrogen and oxygen atoms in total. The van der Waals surface area contributed by atoms with Crippen molar-refractivity contribution in [3.63, 3.8) is 0 Å². The third-order valence-corrected chi connectivity index (χ3v) is 3.68. The van der Waals surface area contributed by atoms with Crippen LogP contribution in [0.25, 0.3) is 0 Å². The summed E-state index contributed by atoms with van der Waals surface area (Å²) in [5.41, 5.74) is 0.713. The van der Waals surface area contributed by atoms with Crippen LogP contribution in [0.15, 0.2) is 30.5 Å². The molecule has 0 atom stereocenters. The fourth-order valence-corrected chi connectivity index (χ4v) is 2.08. The molecule has 2 aromatic rings. The predicted molar refractivity (Wildman–Crippen MR) is 83.2 cm³/mol. The molecule has 0 fully saturated rings. The Bertz CT molecular complexity index is 661. The van der Waals surface area contributed by atoms with Gasteiger partial charge in [-0.3, -0.25) is 4.79 Å². The monoisotopic (exact) mass is 329 g/mol. The summed E-state index contributed by atoms with van der Waals surface area (Å²) in [4.78, 5) is 16.2. The Morgan fingerprint density at radius 1 is 1.20 bits per heavy atom. The maximum atomic E-state index is 12.2. The second-order valence-corrected chi connectivity index (χ2v) is 5.05. The first-order chi connectivity index (χ1) is 9.52. The Morgan fingerprint density at radius 3 is 2.65 bits per heavy atom. The lowest BCUT2D eigenvalue weighted by molar-refractivity contribution is 0.102. The van der Waals surface area contributed by atoms with Gasteiger partial charge in [0.15, 0.2) is 0 Å². The molecular formula is C13H10Cl3N3O. The van der Waals surface area contributed by atoms with Crippen molar-refractivity contribution in [3.05, 3.63) is 51.1 Å². The van der Waals surface area contributed by atoms with E-state index in [4.69, 9.17) is 34.8 Å². The molecule has 1 aromatic heterocycles. The van der Waals surface area contributed by atoms with Crippen molar-refractivity contribution in [3.8, 4) is 0 Å². The number of carbonyl (C=O) groups is 1. The van der Waals surface area contributed by atoms with Crippen LogP contribution in [0.1, 0.15) is 10.4 Å². The van der Waals surface area contributed by atoms with E-state index in [1.807, 2.05) is 0 Å². The zero-order valence-corrected chi connectivity index (χ0v) is 12.6. The van der Waals surface area contributed by atoms with Crippen LogP contribution in [0.2, 0.25) is 15.1 Å². The molecule has 2 rings (SSSR count). The number of aromatic nitrogens is 1. The number of hydrogen-bond acceptors (Lipinski definition) is 3. The summed E-state index contributed by atoms with van der Waals surface area (Å²) in [7, 11) is 1.70. The molecule has 7 heteroatoms. The molecule has 1 aromatic carbocycles. The zero-order chi connectivity index (χ0) is 14.7. The van der Waals surface area contributed by atoms with Crippen molar-refractivity contribution in [1.29, 1.82) is 0 Å². The first-order valence-electron chi connectivity index (χ1n) is 5.61. The Morgan fingerprint density at radius 2 is 1.95 bits per heavy atom. The van der Waals surface area contributed by atoms with E-state index < -0.39 is 5.91 Å². The topological polar surface area (TPSA) is 54.0 Å². The summed E-state index contributed by atoms with van der Waals surface area (Å²) in [6.45, 7) is 0. The smallest absolute Gasteiger partial charge is 0.257 e. The number of rotatable bonds is 3. The summed E-state index contributed by atoms with van der Waals surface area (Å²) in [5, 5.41) is 6.39. The van der Waals surface area contributed by atoms with E-state index in [0.29, 0.717) is 22.1 Å². The Labute approximate surface area is 131 Å². The van der Waals surface area contributed by atoms with Crippen LogP contribution in [0.5, 0.6) is 0 Å². The SMILES string of the molecule is CNc1cc(C(=O)Nc2cccc(Cl)c2Cl)c(Cl)cn1. The Hall–Kier alpha value is -1.49. The molecule has 0 aliphatic carbocycles. The molecule has 2 N–H and O–H groups in total. The maximum Gasteiger partial charge on any atom is 0.257 e. The van der Waals surface area contributed by atoms with Crippen LogP contribution < -0.4 is 10.6 Å². The van der Waals surface area contributed by atoms with Gasteiger partial charge in [0, 0.05) is 13.2 Å². The highest BCUT2D eigenvalue weighted by Gasteiger charge is 2.14. The third kappa shape index (κ3) is 3.15. The van der Waals surface area contributed by atoms with Crippen LogP contribution in [0, 0.1) is 0 Å². The summed E-state index contributed by atoms with van der Waals surface area (Å²) in [6, 6.07) is 6.53. The number of nitrogens with one attached hydrogen (secondary N) is 2. The van der Waals surface area contributed by atoms with E-state index in [1.54, 1.807) is 31.3 Å². The molecule has 0 radical (unpaired) electrons. The summed E-state index contributed by atoms with van der Waals surface area (Å²) < 4.78 is 0. The van der Waals surface area contributed by atoms with Gasteiger partial charge in [0.25, 0.3) is 5.91 Å². The lowest BCUT2D eigenvalue weighted by Crippen LogP contribution is -2.13. The standard InChI is InChI=1S/C13H10Cl3N3O/c1-17-11-5-7(9(15)6-18-11)13(20)19-10-4-2-3-8(14)12(10)16/h2-6H,1H3,(H,17,18)(H,19,20). The Balaban J connectivity index is 2.30. The van der Waals surface area contributed by atoms with Gasteiger partial charge in [-0.05, 0) is 18.2 Å². The first kappa shape index (κ1) is 14.9. The normalized spacial score (nSPS) is 10.2. The quantitative estimate of drug-likeness (QED) is 0.880. The summed E-state index contributed by atoms with van der Waals surface area (Å²) in [6.07, 6.45) is 1.40. The second-order valence-electron chi connectivity index (χ2n) is 3.85. The average molecular weight is 331 g/mol. The third-order valence-electron chi connectivity index (χ3n) is 2.56. The van der Waals surface area contributed by atoms with Crippen molar-refractivity contribution in [2.75, 3.05) is 17.7 Å². The van der Waals surface area contributed by atoms with Gasteiger partial charge < -0.3 is 10.6 Å². The molecule has 20 heavy (non-hydrogen) atoms. The minimum Gasteiger partial charge on any atom is -0.373 e. The molecule has 0 spiro atoms.